The highest BCUT2D eigenvalue weighted by molar-refractivity contribution is 5.94. The fourth-order valence-corrected chi connectivity index (χ4v) is 2.76. The van der Waals surface area contributed by atoms with Crippen molar-refractivity contribution < 1.29 is 23.8 Å². The lowest BCUT2D eigenvalue weighted by atomic mass is 10.0. The summed E-state index contributed by atoms with van der Waals surface area (Å²) in [4.78, 5) is 23.6. The monoisotopic (exact) mass is 401 g/mol. The smallest absolute Gasteiger partial charge is 0.349 e. The molecule has 0 aromatic heterocycles. The highest BCUT2D eigenvalue weighted by atomic mass is 16.6. The average molecular weight is 401 g/mol. The Morgan fingerprint density at radius 3 is 2.10 bits per heavy atom. The first-order chi connectivity index (χ1) is 14.5. The first kappa shape index (κ1) is 20.6. The number of carbonyl (C=O) groups is 2. The van der Waals surface area contributed by atoms with Crippen LogP contribution in [0.1, 0.15) is 22.8 Å². The zero-order valence-electron chi connectivity index (χ0n) is 16.5. The topological polar surface area (TPSA) is 85.6 Å². The van der Waals surface area contributed by atoms with E-state index in [1.54, 1.807) is 42.5 Å². The molecule has 0 saturated heterocycles. The van der Waals surface area contributed by atoms with E-state index in [1.165, 1.54) is 14.0 Å². The van der Waals surface area contributed by atoms with E-state index in [0.29, 0.717) is 28.4 Å². The lowest BCUT2D eigenvalue weighted by Gasteiger charge is -2.11. The fraction of sp³-hybridized carbons (Fsp3) is 0.125. The van der Waals surface area contributed by atoms with E-state index < -0.39 is 5.97 Å². The summed E-state index contributed by atoms with van der Waals surface area (Å²) in [5.41, 5.74) is 2.98. The summed E-state index contributed by atoms with van der Waals surface area (Å²) in [6.45, 7) is 1.15. The summed E-state index contributed by atoms with van der Waals surface area (Å²) in [5.74, 6) is 0.431. The number of benzene rings is 3. The molecular weight excluding hydrogens is 382 g/mol. The molecule has 0 aliphatic heterocycles. The van der Waals surface area contributed by atoms with Crippen molar-refractivity contribution in [2.24, 2.45) is 0 Å². The van der Waals surface area contributed by atoms with Crippen LogP contribution in [0.2, 0.25) is 0 Å². The van der Waals surface area contributed by atoms with E-state index in [1.807, 2.05) is 24.3 Å². The molecule has 0 atom stereocenters. The van der Waals surface area contributed by atoms with Gasteiger partial charge in [0, 0.05) is 5.56 Å². The van der Waals surface area contributed by atoms with Crippen LogP contribution in [-0.2, 0) is 4.79 Å². The van der Waals surface area contributed by atoms with Crippen LogP contribution in [0.4, 0.5) is 0 Å². The molecule has 6 heteroatoms. The Morgan fingerprint density at radius 2 is 1.53 bits per heavy atom. The van der Waals surface area contributed by atoms with Crippen molar-refractivity contribution in [1.29, 1.82) is 5.26 Å². The van der Waals surface area contributed by atoms with Crippen LogP contribution >= 0.6 is 0 Å². The Hall–Kier alpha value is -4.11. The fourth-order valence-electron chi connectivity index (χ4n) is 2.76. The van der Waals surface area contributed by atoms with Gasteiger partial charge in [0.2, 0.25) is 0 Å². The van der Waals surface area contributed by atoms with Gasteiger partial charge in [-0.15, -0.1) is 0 Å². The minimum Gasteiger partial charge on any atom is -0.493 e. The van der Waals surface area contributed by atoms with Crippen molar-refractivity contribution in [2.75, 3.05) is 13.7 Å². The molecule has 3 aromatic carbocycles. The van der Waals surface area contributed by atoms with Gasteiger partial charge in [-0.05, 0) is 60.5 Å². The van der Waals surface area contributed by atoms with Crippen LogP contribution < -0.4 is 14.2 Å². The van der Waals surface area contributed by atoms with Crippen molar-refractivity contribution >= 4 is 11.8 Å². The molecular formula is C24H19NO5. The van der Waals surface area contributed by atoms with E-state index >= 15 is 0 Å². The Bertz CT molecular complexity index is 1100. The van der Waals surface area contributed by atoms with Gasteiger partial charge in [-0.2, -0.15) is 5.26 Å². The molecule has 0 bridgehead atoms. The molecule has 30 heavy (non-hydrogen) atoms. The predicted molar refractivity (Wildman–Crippen MR) is 111 cm³/mol. The van der Waals surface area contributed by atoms with Gasteiger partial charge in [0.25, 0.3) is 0 Å². The molecule has 3 rings (SSSR count). The Morgan fingerprint density at radius 1 is 0.900 bits per heavy atom. The number of methoxy groups -OCH3 is 1. The van der Waals surface area contributed by atoms with E-state index in [2.05, 4.69) is 6.07 Å². The quantitative estimate of drug-likeness (QED) is 0.331. The number of nitriles is 1. The number of rotatable bonds is 7. The van der Waals surface area contributed by atoms with Gasteiger partial charge in [-0.25, -0.2) is 4.79 Å². The minimum absolute atomic E-state index is 0.0938. The lowest BCUT2D eigenvalue weighted by Crippen LogP contribution is -2.18. The Balaban J connectivity index is 1.60. The van der Waals surface area contributed by atoms with Crippen LogP contribution in [0.3, 0.4) is 0 Å². The Labute approximate surface area is 174 Å². The summed E-state index contributed by atoms with van der Waals surface area (Å²) >= 11 is 0. The summed E-state index contributed by atoms with van der Waals surface area (Å²) in [6, 6.07) is 21.1. The minimum atomic E-state index is -0.571. The highest BCUT2D eigenvalue weighted by Crippen LogP contribution is 2.28. The van der Waals surface area contributed by atoms with Gasteiger partial charge in [-0.3, -0.25) is 4.79 Å². The first-order valence-electron chi connectivity index (χ1n) is 9.13. The van der Waals surface area contributed by atoms with E-state index in [0.717, 1.165) is 11.1 Å². The second-order valence-electron chi connectivity index (χ2n) is 6.40. The summed E-state index contributed by atoms with van der Waals surface area (Å²) in [6.07, 6.45) is 0. The van der Waals surface area contributed by atoms with Gasteiger partial charge in [-0.1, -0.05) is 24.3 Å². The largest absolute Gasteiger partial charge is 0.493 e. The number of hydrogen-bond donors (Lipinski definition) is 0. The van der Waals surface area contributed by atoms with Gasteiger partial charge < -0.3 is 14.2 Å². The van der Waals surface area contributed by atoms with Crippen LogP contribution in [0.25, 0.3) is 11.1 Å². The van der Waals surface area contributed by atoms with Gasteiger partial charge in [0.1, 0.15) is 5.75 Å². The maximum atomic E-state index is 12.1. The second-order valence-corrected chi connectivity index (χ2v) is 6.40. The third-order valence-corrected chi connectivity index (χ3v) is 4.35. The number of hydrogen-bond acceptors (Lipinski definition) is 6. The first-order valence-corrected chi connectivity index (χ1v) is 9.13. The normalized spacial score (nSPS) is 10.0. The van der Waals surface area contributed by atoms with E-state index in [9.17, 15) is 9.59 Å². The molecule has 0 saturated carbocycles. The third kappa shape index (κ3) is 5.03. The van der Waals surface area contributed by atoms with Crippen molar-refractivity contribution in [3.63, 3.8) is 0 Å². The molecule has 0 amide bonds. The van der Waals surface area contributed by atoms with Crippen molar-refractivity contribution in [2.45, 2.75) is 6.92 Å². The highest BCUT2D eigenvalue weighted by Gasteiger charge is 2.12. The average Bonchev–Trinajstić information content (AvgIpc) is 2.78. The van der Waals surface area contributed by atoms with Crippen molar-refractivity contribution in [1.82, 2.24) is 0 Å². The third-order valence-electron chi connectivity index (χ3n) is 4.35. The maximum absolute atomic E-state index is 12.1. The van der Waals surface area contributed by atoms with Crippen LogP contribution in [0, 0.1) is 11.3 Å². The maximum Gasteiger partial charge on any atom is 0.349 e. The zero-order valence-corrected chi connectivity index (χ0v) is 16.5. The molecule has 0 N–H and O–H groups in total. The molecule has 0 aliphatic rings. The van der Waals surface area contributed by atoms with Crippen LogP contribution in [-0.4, -0.2) is 25.5 Å². The van der Waals surface area contributed by atoms with Gasteiger partial charge in [0.15, 0.2) is 23.9 Å². The van der Waals surface area contributed by atoms with Gasteiger partial charge in [0.05, 0.1) is 18.7 Å². The molecule has 0 unspecified atom stereocenters. The number of Topliss-reactive ketones (excluding diaryl/α,β-unsaturated/α-hetero) is 1. The summed E-state index contributed by atoms with van der Waals surface area (Å²) in [5, 5.41) is 8.87. The summed E-state index contributed by atoms with van der Waals surface area (Å²) < 4.78 is 16.0. The number of esters is 1. The molecule has 0 heterocycles. The van der Waals surface area contributed by atoms with Crippen LogP contribution in [0.5, 0.6) is 17.2 Å². The Kier molecular flexibility index (Phi) is 6.46. The van der Waals surface area contributed by atoms with E-state index in [4.69, 9.17) is 19.5 Å². The van der Waals surface area contributed by atoms with Gasteiger partial charge >= 0.3 is 5.97 Å². The predicted octanol–water partition coefficient (Wildman–Crippen LogP) is 4.42. The standard InChI is InChI=1S/C24H19NO5/c1-16(26)20-9-12-22(23(13-20)28-2)29-15-24(27)30-21-10-7-19(8-11-21)18-5-3-17(14-25)4-6-18/h3-13H,15H2,1-2H3. The lowest BCUT2D eigenvalue weighted by molar-refractivity contribution is -0.136. The van der Waals surface area contributed by atoms with Crippen molar-refractivity contribution in [3.05, 3.63) is 77.9 Å². The SMILES string of the molecule is COc1cc(C(C)=O)ccc1OCC(=O)Oc1ccc(-c2ccc(C#N)cc2)cc1. The number of ketones is 1. The molecule has 0 aliphatic carbocycles. The second kappa shape index (κ2) is 9.39. The van der Waals surface area contributed by atoms with E-state index in [-0.39, 0.29) is 12.4 Å². The molecule has 150 valence electrons. The molecule has 0 spiro atoms. The summed E-state index contributed by atoms with van der Waals surface area (Å²) in [7, 11) is 1.46. The molecule has 6 nitrogen and oxygen atoms in total. The zero-order chi connectivity index (χ0) is 21.5. The molecule has 0 fully saturated rings. The van der Waals surface area contributed by atoms with Crippen LogP contribution in [0.15, 0.2) is 66.7 Å². The number of nitrogens with zero attached hydrogens (tertiary/aromatic N) is 1. The number of carbonyl (C=O) groups excluding carboxylic acids is 2. The van der Waals surface area contributed by atoms with Crippen molar-refractivity contribution in [3.8, 4) is 34.4 Å². The number of ether oxygens (including phenoxy) is 3. The molecule has 0 radical (unpaired) electrons. The molecule has 3 aromatic rings.